The lowest BCUT2D eigenvalue weighted by atomic mass is 10.2. The van der Waals surface area contributed by atoms with Crippen LogP contribution in [-0.4, -0.2) is 33.3 Å². The maximum Gasteiger partial charge on any atom is 0.339 e. The highest BCUT2D eigenvalue weighted by atomic mass is 32.2. The molecule has 0 saturated carbocycles. The number of hydrogen-bond acceptors (Lipinski definition) is 9. The van der Waals surface area contributed by atoms with Crippen LogP contribution in [-0.2, 0) is 20.2 Å². The molecule has 0 aliphatic carbocycles. The van der Waals surface area contributed by atoms with Crippen molar-refractivity contribution in [2.24, 2.45) is 0 Å². The Hall–Kier alpha value is -3.57. The number of phenols is 2. The lowest BCUT2D eigenvalue weighted by molar-refractivity contribution is 0.112. The number of carbonyl (C=O) groups is 1. The summed E-state index contributed by atoms with van der Waals surface area (Å²) < 4.78 is 60.7. The lowest BCUT2D eigenvalue weighted by Crippen LogP contribution is -2.14. The minimum atomic E-state index is -4.52. The third-order valence-electron chi connectivity index (χ3n) is 4.44. The third-order valence-corrected chi connectivity index (χ3v) is 6.90. The first kappa shape index (κ1) is 23.1. The van der Waals surface area contributed by atoms with E-state index >= 15 is 0 Å². The van der Waals surface area contributed by atoms with Gasteiger partial charge in [0.2, 0.25) is 0 Å². The van der Waals surface area contributed by atoms with E-state index in [-0.39, 0.29) is 22.0 Å². The van der Waals surface area contributed by atoms with E-state index in [0.717, 1.165) is 24.3 Å². The summed E-state index contributed by atoms with van der Waals surface area (Å²) >= 11 is 0. The molecule has 0 amide bonds. The van der Waals surface area contributed by atoms with Gasteiger partial charge in [-0.25, -0.2) is 0 Å². The topological polar surface area (TPSA) is 144 Å². The zero-order valence-electron chi connectivity index (χ0n) is 16.8. The molecule has 0 atom stereocenters. The zero-order valence-corrected chi connectivity index (χ0v) is 18.5. The first-order chi connectivity index (χ1) is 14.9. The van der Waals surface area contributed by atoms with E-state index in [2.05, 4.69) is 0 Å². The highest BCUT2D eigenvalue weighted by molar-refractivity contribution is 7.87. The SMILES string of the molecule is Cc1ccc(S(=O)(=O)Oc2ccc(C=O)cc2OS(=O)(=O)c2ccc(C)c(O)c2)cc1O. The van der Waals surface area contributed by atoms with Crippen molar-refractivity contribution >= 4 is 26.5 Å². The van der Waals surface area contributed by atoms with Crippen molar-refractivity contribution in [2.75, 3.05) is 0 Å². The number of benzene rings is 3. The predicted octanol–water partition coefficient (Wildman–Crippen LogP) is 3.06. The van der Waals surface area contributed by atoms with Crippen LogP contribution in [0.2, 0.25) is 0 Å². The van der Waals surface area contributed by atoms with Gasteiger partial charge in [-0.2, -0.15) is 16.8 Å². The average Bonchev–Trinajstić information content (AvgIpc) is 2.72. The number of phenolic OH excluding ortho intramolecular Hbond substituents is 2. The van der Waals surface area contributed by atoms with Gasteiger partial charge in [-0.15, -0.1) is 0 Å². The molecule has 0 aliphatic heterocycles. The molecule has 2 N–H and O–H groups in total. The van der Waals surface area contributed by atoms with E-state index < -0.39 is 36.6 Å². The van der Waals surface area contributed by atoms with Gasteiger partial charge in [0.15, 0.2) is 11.5 Å². The van der Waals surface area contributed by atoms with Crippen molar-refractivity contribution in [2.45, 2.75) is 23.6 Å². The molecule has 0 aliphatic rings. The number of aryl methyl sites for hydroxylation is 2. The van der Waals surface area contributed by atoms with Crippen molar-refractivity contribution < 1.29 is 40.2 Å². The number of aromatic hydroxyl groups is 2. The van der Waals surface area contributed by atoms with Gasteiger partial charge in [-0.1, -0.05) is 12.1 Å². The summed E-state index contributed by atoms with van der Waals surface area (Å²) in [6.45, 7) is 3.14. The van der Waals surface area contributed by atoms with Crippen LogP contribution in [0.5, 0.6) is 23.0 Å². The minimum Gasteiger partial charge on any atom is -0.508 e. The Morgan fingerprint density at radius 1 is 0.688 bits per heavy atom. The van der Waals surface area contributed by atoms with Gasteiger partial charge in [-0.05, 0) is 55.3 Å². The first-order valence-corrected chi connectivity index (χ1v) is 11.8. The Bertz CT molecular complexity index is 1410. The van der Waals surface area contributed by atoms with E-state index in [1.165, 1.54) is 30.3 Å². The summed E-state index contributed by atoms with van der Waals surface area (Å²) in [7, 11) is -9.01. The van der Waals surface area contributed by atoms with Gasteiger partial charge in [-0.3, -0.25) is 4.79 Å². The van der Waals surface area contributed by atoms with E-state index in [0.29, 0.717) is 17.4 Å². The molecule has 3 rings (SSSR count). The van der Waals surface area contributed by atoms with E-state index in [1.54, 1.807) is 13.8 Å². The van der Waals surface area contributed by atoms with Crippen LogP contribution in [0.1, 0.15) is 21.5 Å². The largest absolute Gasteiger partial charge is 0.508 e. The monoisotopic (exact) mass is 478 g/mol. The molecule has 9 nitrogen and oxygen atoms in total. The quantitative estimate of drug-likeness (QED) is 0.386. The normalized spacial score (nSPS) is 11.7. The molecular formula is C21H18O9S2. The highest BCUT2D eigenvalue weighted by Gasteiger charge is 2.25. The van der Waals surface area contributed by atoms with Gasteiger partial charge in [0.1, 0.15) is 27.6 Å². The van der Waals surface area contributed by atoms with Crippen LogP contribution < -0.4 is 8.37 Å². The zero-order chi connectivity index (χ0) is 23.7. The summed E-state index contributed by atoms with van der Waals surface area (Å²) in [6, 6.07) is 10.4. The summed E-state index contributed by atoms with van der Waals surface area (Å²) in [5.41, 5.74) is 0.874. The summed E-state index contributed by atoms with van der Waals surface area (Å²) in [6.07, 6.45) is 0.410. The molecule has 3 aromatic rings. The van der Waals surface area contributed by atoms with Gasteiger partial charge in [0.25, 0.3) is 0 Å². The van der Waals surface area contributed by atoms with Crippen molar-refractivity contribution in [1.82, 2.24) is 0 Å². The molecule has 0 heterocycles. The maximum absolute atomic E-state index is 12.7. The van der Waals surface area contributed by atoms with Crippen LogP contribution in [0.15, 0.2) is 64.4 Å². The van der Waals surface area contributed by atoms with E-state index in [9.17, 15) is 31.8 Å². The van der Waals surface area contributed by atoms with E-state index in [4.69, 9.17) is 8.37 Å². The van der Waals surface area contributed by atoms with Gasteiger partial charge >= 0.3 is 20.2 Å². The molecule has 0 fully saturated rings. The van der Waals surface area contributed by atoms with Crippen LogP contribution >= 0.6 is 0 Å². The Morgan fingerprint density at radius 2 is 1.16 bits per heavy atom. The number of hydrogen-bond donors (Lipinski definition) is 2. The van der Waals surface area contributed by atoms with Crippen molar-refractivity contribution in [3.63, 3.8) is 0 Å². The molecule has 11 heteroatoms. The lowest BCUT2D eigenvalue weighted by Gasteiger charge is -2.14. The Labute approximate surface area is 184 Å². The minimum absolute atomic E-state index is 0.000295. The van der Waals surface area contributed by atoms with Crippen LogP contribution in [0.4, 0.5) is 0 Å². The fourth-order valence-corrected chi connectivity index (χ4v) is 4.47. The van der Waals surface area contributed by atoms with Crippen molar-refractivity contribution in [3.8, 4) is 23.0 Å². The molecule has 0 radical (unpaired) electrons. The molecule has 0 unspecified atom stereocenters. The Kier molecular flexibility index (Phi) is 6.15. The van der Waals surface area contributed by atoms with Crippen LogP contribution in [0.3, 0.4) is 0 Å². The third kappa shape index (κ3) is 4.84. The molecule has 0 aromatic heterocycles. The Morgan fingerprint density at radius 3 is 1.59 bits per heavy atom. The van der Waals surface area contributed by atoms with Gasteiger partial charge in [0, 0.05) is 17.7 Å². The average molecular weight is 479 g/mol. The Balaban J connectivity index is 2.02. The van der Waals surface area contributed by atoms with Gasteiger partial charge in [0.05, 0.1) is 0 Å². The second kappa shape index (κ2) is 8.52. The highest BCUT2D eigenvalue weighted by Crippen LogP contribution is 2.34. The fourth-order valence-electron chi connectivity index (χ4n) is 2.55. The maximum atomic E-state index is 12.7. The summed E-state index contributed by atoms with van der Waals surface area (Å²) in [5, 5.41) is 19.6. The summed E-state index contributed by atoms with van der Waals surface area (Å²) in [5.74, 6) is -1.62. The second-order valence-corrected chi connectivity index (χ2v) is 9.89. The van der Waals surface area contributed by atoms with Crippen LogP contribution in [0, 0.1) is 13.8 Å². The molecule has 3 aromatic carbocycles. The molecule has 0 spiro atoms. The first-order valence-electron chi connectivity index (χ1n) is 9.00. The number of carbonyl (C=O) groups excluding carboxylic acids is 1. The fraction of sp³-hybridized carbons (Fsp3) is 0.0952. The second-order valence-electron chi connectivity index (χ2n) is 6.80. The van der Waals surface area contributed by atoms with Crippen molar-refractivity contribution in [3.05, 3.63) is 71.3 Å². The van der Waals surface area contributed by atoms with Gasteiger partial charge < -0.3 is 18.6 Å². The molecule has 32 heavy (non-hydrogen) atoms. The van der Waals surface area contributed by atoms with E-state index in [1.807, 2.05) is 0 Å². The predicted molar refractivity (Wildman–Crippen MR) is 113 cm³/mol. The molecule has 0 bridgehead atoms. The standard InChI is InChI=1S/C21H18O9S2/c1-13-3-6-16(10-18(13)23)31(25,26)29-20-8-5-15(12-22)9-21(20)30-32(27,28)17-7-4-14(2)19(24)11-17/h3-12,23-24H,1-2H3. The molecule has 0 saturated heterocycles. The van der Waals surface area contributed by atoms with Crippen LogP contribution in [0.25, 0.3) is 0 Å². The summed E-state index contributed by atoms with van der Waals surface area (Å²) in [4.78, 5) is 10.4. The molecular weight excluding hydrogens is 460 g/mol. The van der Waals surface area contributed by atoms with Crippen molar-refractivity contribution in [1.29, 1.82) is 0 Å². The molecule has 168 valence electrons. The number of rotatable bonds is 7. The smallest absolute Gasteiger partial charge is 0.339 e. The number of aldehydes is 1.